The van der Waals surface area contributed by atoms with Crippen molar-refractivity contribution in [2.24, 2.45) is 4.99 Å². The van der Waals surface area contributed by atoms with E-state index in [0.717, 1.165) is 15.7 Å². The molecular formula is C42H41N5O8. The van der Waals surface area contributed by atoms with Crippen molar-refractivity contribution in [1.82, 2.24) is 4.90 Å². The fraction of sp³-hybridized carbons (Fsp3) is 0.262. The molecule has 55 heavy (non-hydrogen) atoms. The van der Waals surface area contributed by atoms with Gasteiger partial charge in [-0.15, -0.1) is 6.58 Å². The first kappa shape index (κ1) is 39.4. The number of esters is 1. The van der Waals surface area contributed by atoms with Gasteiger partial charge in [-0.25, -0.2) is 14.6 Å². The molecule has 0 fully saturated rings. The van der Waals surface area contributed by atoms with E-state index in [0.29, 0.717) is 11.3 Å². The minimum Gasteiger partial charge on any atom is -0.496 e. The van der Waals surface area contributed by atoms with Crippen LogP contribution < -0.4 is 14.5 Å². The molecule has 4 aromatic carbocycles. The van der Waals surface area contributed by atoms with E-state index < -0.39 is 47.5 Å². The Morgan fingerprint density at radius 1 is 0.982 bits per heavy atom. The van der Waals surface area contributed by atoms with Crippen molar-refractivity contribution in [3.8, 4) is 11.8 Å². The van der Waals surface area contributed by atoms with E-state index in [-0.39, 0.29) is 40.3 Å². The number of hydrogen-bond acceptors (Lipinski definition) is 9. The van der Waals surface area contributed by atoms with Crippen molar-refractivity contribution in [2.75, 3.05) is 31.1 Å². The van der Waals surface area contributed by atoms with Gasteiger partial charge < -0.3 is 19.1 Å². The van der Waals surface area contributed by atoms with Crippen LogP contribution in [-0.4, -0.2) is 79.3 Å². The molecule has 0 aromatic heterocycles. The molecule has 13 nitrogen and oxygen atoms in total. The summed E-state index contributed by atoms with van der Waals surface area (Å²) in [6.07, 6.45) is 0.389. The molecule has 1 aliphatic heterocycles. The highest BCUT2D eigenvalue weighted by Crippen LogP contribution is 2.39. The quantitative estimate of drug-likeness (QED) is 0.146. The Hall–Kier alpha value is -6.81. The van der Waals surface area contributed by atoms with E-state index in [1.165, 1.54) is 80.5 Å². The average molecular weight is 744 g/mol. The van der Waals surface area contributed by atoms with Gasteiger partial charge in [0.1, 0.15) is 23.1 Å². The second-order valence-corrected chi connectivity index (χ2v) is 13.7. The van der Waals surface area contributed by atoms with Crippen LogP contribution in [0.15, 0.2) is 96.5 Å². The lowest BCUT2D eigenvalue weighted by Gasteiger charge is -2.29. The molecule has 0 saturated carbocycles. The molecular weight excluding hydrogens is 702 g/mol. The number of benzene rings is 4. The molecule has 0 bridgehead atoms. The zero-order valence-corrected chi connectivity index (χ0v) is 31.7. The molecule has 1 aliphatic rings. The monoisotopic (exact) mass is 743 g/mol. The van der Waals surface area contributed by atoms with Crippen molar-refractivity contribution in [1.29, 1.82) is 5.26 Å². The zero-order valence-electron chi connectivity index (χ0n) is 31.7. The number of fused-ring (bicyclic) bond motifs is 2. The maximum Gasteiger partial charge on any atom is 0.410 e. The van der Waals surface area contributed by atoms with E-state index in [4.69, 9.17) is 14.2 Å². The summed E-state index contributed by atoms with van der Waals surface area (Å²) in [5, 5.41) is 11.6. The first-order chi connectivity index (χ1) is 26.1. The standard InChI is InChI=1S/C42H41N5O8/c1-9-32(45(6)41(52)55-42(3,4)5)37(48)44-36-25(2)47(38(49)28-15-17-29(18-16-28)40(51)54-8)34-22-26(23-43)14-20-33(34)46(39(36)50)24-31-30-13-11-10-12-27(30)19-21-35(31)53-7/h9-22,25,32H,1,24H2,2-8H3/t25-,32-/m0/s1. The Morgan fingerprint density at radius 2 is 1.65 bits per heavy atom. The van der Waals surface area contributed by atoms with Crippen LogP contribution in [0.2, 0.25) is 0 Å². The second-order valence-electron chi connectivity index (χ2n) is 13.7. The predicted octanol–water partition coefficient (Wildman–Crippen LogP) is 6.48. The lowest BCUT2D eigenvalue weighted by Crippen LogP contribution is -2.48. The van der Waals surface area contributed by atoms with Gasteiger partial charge in [0.25, 0.3) is 17.7 Å². The topological polar surface area (TPSA) is 159 Å². The van der Waals surface area contributed by atoms with Gasteiger partial charge in [-0.3, -0.25) is 24.2 Å². The maximum absolute atomic E-state index is 15.0. The summed E-state index contributed by atoms with van der Waals surface area (Å²) in [4.78, 5) is 76.9. The third kappa shape index (κ3) is 8.08. The molecule has 0 spiro atoms. The first-order valence-corrected chi connectivity index (χ1v) is 17.3. The molecule has 13 heteroatoms. The van der Waals surface area contributed by atoms with Gasteiger partial charge in [-0.2, -0.15) is 5.26 Å². The Kier molecular flexibility index (Phi) is 11.5. The Bertz CT molecular complexity index is 2270. The molecule has 0 aliphatic carbocycles. The molecule has 4 amide bonds. The van der Waals surface area contributed by atoms with Crippen LogP contribution >= 0.6 is 0 Å². The molecule has 4 aromatic rings. The van der Waals surface area contributed by atoms with Crippen LogP contribution in [0.25, 0.3) is 10.8 Å². The van der Waals surface area contributed by atoms with Gasteiger partial charge in [0.15, 0.2) is 0 Å². The largest absolute Gasteiger partial charge is 0.496 e. The van der Waals surface area contributed by atoms with E-state index in [9.17, 15) is 24.4 Å². The van der Waals surface area contributed by atoms with Crippen LogP contribution in [0.3, 0.4) is 0 Å². The minimum atomic E-state index is -1.35. The van der Waals surface area contributed by atoms with Crippen LogP contribution in [0.5, 0.6) is 5.75 Å². The number of carbonyl (C=O) groups is 5. The third-order valence-electron chi connectivity index (χ3n) is 9.01. The summed E-state index contributed by atoms with van der Waals surface area (Å²) in [5.74, 6) is -2.38. The van der Waals surface area contributed by atoms with Gasteiger partial charge in [-0.1, -0.05) is 36.4 Å². The minimum absolute atomic E-state index is 0.0965. The number of nitrogens with zero attached hydrogens (tertiary/aromatic N) is 5. The summed E-state index contributed by atoms with van der Waals surface area (Å²) in [7, 11) is 4.11. The number of nitriles is 1. The van der Waals surface area contributed by atoms with Crippen molar-refractivity contribution >= 4 is 57.6 Å². The third-order valence-corrected chi connectivity index (χ3v) is 9.01. The fourth-order valence-electron chi connectivity index (χ4n) is 6.25. The lowest BCUT2D eigenvalue weighted by atomic mass is 10.0. The van der Waals surface area contributed by atoms with E-state index in [1.54, 1.807) is 32.9 Å². The number of rotatable bonds is 8. The number of aliphatic imine (C=N–C) groups is 1. The van der Waals surface area contributed by atoms with E-state index in [1.807, 2.05) is 30.3 Å². The zero-order chi connectivity index (χ0) is 40.2. The number of carbonyl (C=O) groups excluding carboxylic acids is 5. The van der Waals surface area contributed by atoms with Crippen LogP contribution in [0.1, 0.15) is 59.5 Å². The summed E-state index contributed by atoms with van der Waals surface area (Å²) in [6, 6.07) is 21.1. The summed E-state index contributed by atoms with van der Waals surface area (Å²) >= 11 is 0. The van der Waals surface area contributed by atoms with E-state index >= 15 is 4.79 Å². The normalized spacial score (nSPS) is 15.3. The second kappa shape index (κ2) is 16.1. The molecule has 0 N–H and O–H groups in total. The first-order valence-electron chi connectivity index (χ1n) is 17.3. The van der Waals surface area contributed by atoms with Gasteiger partial charge in [0, 0.05) is 18.2 Å². The van der Waals surface area contributed by atoms with Crippen molar-refractivity contribution in [2.45, 2.75) is 51.9 Å². The highest BCUT2D eigenvalue weighted by molar-refractivity contribution is 6.49. The lowest BCUT2D eigenvalue weighted by molar-refractivity contribution is -0.121. The van der Waals surface area contributed by atoms with Crippen molar-refractivity contribution < 1.29 is 38.2 Å². The number of hydrogen-bond donors (Lipinski definition) is 0. The van der Waals surface area contributed by atoms with Gasteiger partial charge in [-0.05, 0) is 87.0 Å². The highest BCUT2D eigenvalue weighted by atomic mass is 16.6. The van der Waals surface area contributed by atoms with E-state index in [2.05, 4.69) is 17.6 Å². The number of methoxy groups -OCH3 is 2. The van der Waals surface area contributed by atoms with Gasteiger partial charge in [0.2, 0.25) is 0 Å². The van der Waals surface area contributed by atoms with Gasteiger partial charge in [0.05, 0.1) is 55.4 Å². The van der Waals surface area contributed by atoms with Crippen molar-refractivity contribution in [3.63, 3.8) is 0 Å². The summed E-state index contributed by atoms with van der Waals surface area (Å²) < 4.78 is 16.0. The van der Waals surface area contributed by atoms with Crippen LogP contribution in [0.4, 0.5) is 16.2 Å². The number of ether oxygens (including phenoxy) is 3. The Balaban J connectivity index is 1.74. The Morgan fingerprint density at radius 3 is 2.27 bits per heavy atom. The average Bonchev–Trinajstić information content (AvgIpc) is 3.25. The molecule has 282 valence electrons. The molecule has 1 heterocycles. The number of anilines is 2. The molecule has 5 rings (SSSR count). The number of likely N-dealkylation sites (N-methyl/N-ethyl adjacent to an activating group) is 1. The number of amides is 4. The smallest absolute Gasteiger partial charge is 0.410 e. The molecule has 2 atom stereocenters. The van der Waals surface area contributed by atoms with Crippen molar-refractivity contribution in [3.05, 3.63) is 114 Å². The fourth-order valence-corrected chi connectivity index (χ4v) is 6.25. The summed E-state index contributed by atoms with van der Waals surface area (Å²) in [5.41, 5.74) is 0.394. The molecule has 0 radical (unpaired) electrons. The Labute approximate surface area is 319 Å². The molecule has 0 unspecified atom stereocenters. The molecule has 0 saturated heterocycles. The highest BCUT2D eigenvalue weighted by Gasteiger charge is 2.41. The van der Waals surface area contributed by atoms with Gasteiger partial charge >= 0.3 is 12.1 Å². The summed E-state index contributed by atoms with van der Waals surface area (Å²) in [6.45, 7) is 10.2. The van der Waals surface area contributed by atoms with Crippen LogP contribution in [-0.2, 0) is 25.6 Å². The SMILES string of the molecule is C=C[C@@H](C(=O)N=C1C(=O)N(Cc2c(OC)ccc3ccccc23)c2ccc(C#N)cc2N(C(=O)c2ccc(C(=O)OC)cc2)[C@H]1C)N(C)C(=O)OC(C)(C)C. The maximum atomic E-state index is 15.0. The predicted molar refractivity (Wildman–Crippen MR) is 207 cm³/mol. The van der Waals surface area contributed by atoms with Crippen LogP contribution in [0, 0.1) is 11.3 Å².